The fourth-order valence-corrected chi connectivity index (χ4v) is 3.10. The summed E-state index contributed by atoms with van der Waals surface area (Å²) in [5.41, 5.74) is 1.64. The molecule has 29 heavy (non-hydrogen) atoms. The molecule has 1 saturated carbocycles. The summed E-state index contributed by atoms with van der Waals surface area (Å²) in [6.07, 6.45) is 2.02. The summed E-state index contributed by atoms with van der Waals surface area (Å²) in [4.78, 5) is 24.3. The van der Waals surface area contributed by atoms with Crippen LogP contribution in [0, 0.1) is 5.82 Å². The molecule has 7 nitrogen and oxygen atoms in total. The number of hydrogen-bond donors (Lipinski definition) is 2. The molecular weight excluding hydrogens is 395 g/mol. The van der Waals surface area contributed by atoms with E-state index in [0.717, 1.165) is 24.6 Å². The predicted octanol–water partition coefficient (Wildman–Crippen LogP) is 3.50. The lowest BCUT2D eigenvalue weighted by molar-refractivity contribution is -0.113. The van der Waals surface area contributed by atoms with Crippen LogP contribution in [0.4, 0.5) is 10.1 Å². The maximum Gasteiger partial charge on any atom is 0.277 e. The molecule has 0 spiro atoms. The van der Waals surface area contributed by atoms with Crippen molar-refractivity contribution < 1.29 is 18.4 Å². The van der Waals surface area contributed by atoms with Gasteiger partial charge < -0.3 is 15.1 Å². The van der Waals surface area contributed by atoms with Gasteiger partial charge in [-0.3, -0.25) is 9.59 Å². The Labute approximate surface area is 170 Å². The highest BCUT2D eigenvalue weighted by Gasteiger charge is 2.23. The molecule has 1 aromatic heterocycles. The van der Waals surface area contributed by atoms with Crippen LogP contribution in [0.1, 0.15) is 23.2 Å². The minimum absolute atomic E-state index is 0.0591. The SMILES string of the molecule is O=C(CSc1nnc(-c2ccc(F)cc2)o1)Nc1cccc(C(=O)NC2CC2)c1. The highest BCUT2D eigenvalue weighted by atomic mass is 32.2. The van der Waals surface area contributed by atoms with E-state index in [1.807, 2.05) is 0 Å². The highest BCUT2D eigenvalue weighted by molar-refractivity contribution is 7.99. The van der Waals surface area contributed by atoms with Gasteiger partial charge >= 0.3 is 0 Å². The minimum Gasteiger partial charge on any atom is -0.411 e. The van der Waals surface area contributed by atoms with Crippen molar-refractivity contribution in [1.29, 1.82) is 0 Å². The standard InChI is InChI=1S/C20H17FN4O3S/c21-14-6-4-12(5-7-14)19-24-25-20(28-19)29-11-17(26)22-16-3-1-2-13(10-16)18(27)23-15-8-9-15/h1-7,10,15H,8-9,11H2,(H,22,26)(H,23,27). The molecule has 1 aliphatic rings. The van der Waals surface area contributed by atoms with E-state index in [1.165, 1.54) is 24.3 Å². The number of benzene rings is 2. The van der Waals surface area contributed by atoms with Crippen LogP contribution in [-0.2, 0) is 4.79 Å². The summed E-state index contributed by atoms with van der Waals surface area (Å²) < 4.78 is 18.5. The Bertz CT molecular complexity index is 1030. The molecule has 1 aliphatic carbocycles. The largest absolute Gasteiger partial charge is 0.411 e. The molecule has 148 valence electrons. The summed E-state index contributed by atoms with van der Waals surface area (Å²) in [6.45, 7) is 0. The highest BCUT2D eigenvalue weighted by Crippen LogP contribution is 2.24. The van der Waals surface area contributed by atoms with Crippen LogP contribution in [-0.4, -0.2) is 33.8 Å². The molecule has 3 aromatic rings. The van der Waals surface area contributed by atoms with Gasteiger partial charge in [0.15, 0.2) is 0 Å². The maximum atomic E-state index is 13.0. The van der Waals surface area contributed by atoms with Crippen LogP contribution in [0.5, 0.6) is 0 Å². The lowest BCUT2D eigenvalue weighted by atomic mass is 10.2. The van der Waals surface area contributed by atoms with Crippen molar-refractivity contribution >= 4 is 29.3 Å². The molecule has 0 unspecified atom stereocenters. The number of thioether (sulfide) groups is 1. The van der Waals surface area contributed by atoms with Gasteiger partial charge in [0.2, 0.25) is 11.8 Å². The van der Waals surface area contributed by atoms with Crippen LogP contribution < -0.4 is 10.6 Å². The van der Waals surface area contributed by atoms with Crippen LogP contribution in [0.25, 0.3) is 11.5 Å². The van der Waals surface area contributed by atoms with E-state index in [2.05, 4.69) is 20.8 Å². The molecule has 0 saturated heterocycles. The van der Waals surface area contributed by atoms with E-state index in [0.29, 0.717) is 16.8 Å². The van der Waals surface area contributed by atoms with Gasteiger partial charge in [0, 0.05) is 22.9 Å². The molecular formula is C20H17FN4O3S. The number of carbonyl (C=O) groups is 2. The average Bonchev–Trinajstić information content (AvgIpc) is 3.41. The average molecular weight is 412 g/mol. The number of rotatable bonds is 7. The molecule has 9 heteroatoms. The van der Waals surface area contributed by atoms with Gasteiger partial charge in [-0.15, -0.1) is 10.2 Å². The maximum absolute atomic E-state index is 13.0. The van der Waals surface area contributed by atoms with Crippen LogP contribution in [0.15, 0.2) is 58.2 Å². The lowest BCUT2D eigenvalue weighted by Crippen LogP contribution is -2.25. The monoisotopic (exact) mass is 412 g/mol. The van der Waals surface area contributed by atoms with E-state index in [4.69, 9.17) is 4.42 Å². The number of hydrogen-bond acceptors (Lipinski definition) is 6. The minimum atomic E-state index is -0.353. The summed E-state index contributed by atoms with van der Waals surface area (Å²) in [7, 11) is 0. The van der Waals surface area contributed by atoms with Gasteiger partial charge in [-0.2, -0.15) is 0 Å². The first kappa shape index (κ1) is 19.1. The molecule has 0 bridgehead atoms. The number of nitrogens with zero attached hydrogens (tertiary/aromatic N) is 2. The second-order valence-corrected chi connectivity index (χ2v) is 7.47. The lowest BCUT2D eigenvalue weighted by Gasteiger charge is -2.07. The first-order chi connectivity index (χ1) is 14.1. The normalized spacial score (nSPS) is 13.1. The number of halogens is 1. The predicted molar refractivity (Wildman–Crippen MR) is 106 cm³/mol. The molecule has 4 rings (SSSR count). The molecule has 0 aliphatic heterocycles. The second kappa shape index (κ2) is 8.44. The van der Waals surface area contributed by atoms with Gasteiger partial charge in [0.25, 0.3) is 11.1 Å². The first-order valence-corrected chi connectivity index (χ1v) is 9.98. The van der Waals surface area contributed by atoms with Crippen molar-refractivity contribution in [3.05, 3.63) is 59.9 Å². The Morgan fingerprint density at radius 1 is 1.14 bits per heavy atom. The molecule has 0 atom stereocenters. The van der Waals surface area contributed by atoms with Gasteiger partial charge in [-0.25, -0.2) is 4.39 Å². The summed E-state index contributed by atoms with van der Waals surface area (Å²) in [6, 6.07) is 12.7. The Morgan fingerprint density at radius 3 is 2.69 bits per heavy atom. The Morgan fingerprint density at radius 2 is 1.93 bits per heavy atom. The van der Waals surface area contributed by atoms with Gasteiger partial charge in [0.1, 0.15) is 5.82 Å². The van der Waals surface area contributed by atoms with Crippen LogP contribution in [0.3, 0.4) is 0 Å². The summed E-state index contributed by atoms with van der Waals surface area (Å²) in [5.74, 6) is -0.451. The number of aromatic nitrogens is 2. The van der Waals surface area contributed by atoms with E-state index >= 15 is 0 Å². The van der Waals surface area contributed by atoms with Crippen molar-refractivity contribution in [2.24, 2.45) is 0 Å². The quantitative estimate of drug-likeness (QED) is 0.577. The number of carbonyl (C=O) groups excluding carboxylic acids is 2. The van der Waals surface area contributed by atoms with E-state index in [-0.39, 0.29) is 40.5 Å². The molecule has 2 amide bonds. The third kappa shape index (κ3) is 5.20. The van der Waals surface area contributed by atoms with E-state index in [1.54, 1.807) is 24.3 Å². The van der Waals surface area contributed by atoms with E-state index in [9.17, 15) is 14.0 Å². The van der Waals surface area contributed by atoms with Gasteiger partial charge in [-0.1, -0.05) is 17.8 Å². The van der Waals surface area contributed by atoms with Crippen LogP contribution >= 0.6 is 11.8 Å². The fourth-order valence-electron chi connectivity index (χ4n) is 2.54. The zero-order chi connectivity index (χ0) is 20.2. The zero-order valence-electron chi connectivity index (χ0n) is 15.2. The fraction of sp³-hybridized carbons (Fsp3) is 0.200. The van der Waals surface area contributed by atoms with Crippen molar-refractivity contribution in [2.45, 2.75) is 24.1 Å². The summed E-state index contributed by atoms with van der Waals surface area (Å²) >= 11 is 1.09. The van der Waals surface area contributed by atoms with Crippen molar-refractivity contribution in [3.63, 3.8) is 0 Å². The van der Waals surface area contributed by atoms with Crippen molar-refractivity contribution in [1.82, 2.24) is 15.5 Å². The second-order valence-electron chi connectivity index (χ2n) is 6.55. The zero-order valence-corrected chi connectivity index (χ0v) is 16.0. The van der Waals surface area contributed by atoms with Crippen LogP contribution in [0.2, 0.25) is 0 Å². The molecule has 2 N–H and O–H groups in total. The summed E-state index contributed by atoms with van der Waals surface area (Å²) in [5, 5.41) is 13.7. The third-order valence-corrected chi connectivity index (χ3v) is 4.96. The number of anilines is 1. The number of nitrogens with one attached hydrogen (secondary N) is 2. The molecule has 1 heterocycles. The Hall–Kier alpha value is -3.20. The Balaban J connectivity index is 1.31. The smallest absolute Gasteiger partial charge is 0.277 e. The number of amides is 2. The third-order valence-electron chi connectivity index (χ3n) is 4.15. The van der Waals surface area contributed by atoms with Crippen molar-refractivity contribution in [3.8, 4) is 11.5 Å². The first-order valence-electron chi connectivity index (χ1n) is 9.00. The van der Waals surface area contributed by atoms with Gasteiger partial charge in [-0.05, 0) is 55.3 Å². The van der Waals surface area contributed by atoms with Gasteiger partial charge in [0.05, 0.1) is 5.75 Å². The van der Waals surface area contributed by atoms with E-state index < -0.39 is 0 Å². The van der Waals surface area contributed by atoms with Crippen molar-refractivity contribution in [2.75, 3.05) is 11.1 Å². The Kier molecular flexibility index (Phi) is 5.57. The topological polar surface area (TPSA) is 97.1 Å². The molecule has 0 radical (unpaired) electrons. The molecule has 2 aromatic carbocycles. The molecule has 1 fully saturated rings.